The monoisotopic (exact) mass is 490 g/mol. The fourth-order valence-corrected chi connectivity index (χ4v) is 4.26. The molecule has 176 valence electrons. The van der Waals surface area contributed by atoms with Crippen LogP contribution in [0.1, 0.15) is 27.3 Å². The molecule has 1 aliphatic rings. The van der Waals surface area contributed by atoms with Crippen molar-refractivity contribution in [3.05, 3.63) is 88.2 Å². The molecule has 3 N–H and O–H groups in total. The number of hydrogen-bond acceptors (Lipinski definition) is 4. The number of benzene rings is 2. The summed E-state index contributed by atoms with van der Waals surface area (Å²) in [6.07, 6.45) is 4.94. The van der Waals surface area contributed by atoms with E-state index in [0.717, 1.165) is 11.3 Å². The van der Waals surface area contributed by atoms with Crippen LogP contribution in [-0.2, 0) is 11.3 Å². The number of aromatic amines is 1. The Bertz CT molecular complexity index is 1480. The zero-order valence-electron chi connectivity index (χ0n) is 18.6. The van der Waals surface area contributed by atoms with Gasteiger partial charge in [-0.2, -0.15) is 0 Å². The third kappa shape index (κ3) is 4.45. The summed E-state index contributed by atoms with van der Waals surface area (Å²) in [5.74, 6) is -1.10. The lowest BCUT2D eigenvalue weighted by Crippen LogP contribution is -2.27. The normalized spacial score (nSPS) is 13.7. The fraction of sp³-hybridized carbons (Fsp3) is 0.120. The van der Waals surface area contributed by atoms with Crippen LogP contribution >= 0.6 is 11.6 Å². The van der Waals surface area contributed by atoms with Crippen LogP contribution in [0, 0.1) is 12.7 Å². The molecule has 2 aromatic carbocycles. The lowest BCUT2D eigenvalue weighted by atomic mass is 9.94. The molecular formula is C25H20ClFN6O2. The van der Waals surface area contributed by atoms with Gasteiger partial charge in [-0.1, -0.05) is 35.0 Å². The van der Waals surface area contributed by atoms with E-state index in [1.807, 2.05) is 13.0 Å². The second-order valence-corrected chi connectivity index (χ2v) is 8.48. The first-order valence-electron chi connectivity index (χ1n) is 10.8. The molecule has 0 bridgehead atoms. The number of carbonyl (C=O) groups is 2. The Balaban J connectivity index is 1.49. The van der Waals surface area contributed by atoms with Gasteiger partial charge < -0.3 is 15.6 Å². The molecule has 10 heteroatoms. The number of amides is 2. The predicted octanol–water partition coefficient (Wildman–Crippen LogP) is 4.30. The Morgan fingerprint density at radius 3 is 2.89 bits per heavy atom. The van der Waals surface area contributed by atoms with Crippen molar-refractivity contribution in [2.45, 2.75) is 13.5 Å². The van der Waals surface area contributed by atoms with Gasteiger partial charge >= 0.3 is 0 Å². The number of fused-ring (bicyclic) bond motifs is 1. The van der Waals surface area contributed by atoms with E-state index in [9.17, 15) is 14.0 Å². The van der Waals surface area contributed by atoms with Crippen LogP contribution in [-0.4, -0.2) is 38.3 Å². The largest absolute Gasteiger partial charge is 0.358 e. The summed E-state index contributed by atoms with van der Waals surface area (Å²) in [6.45, 7) is 2.68. The van der Waals surface area contributed by atoms with Crippen LogP contribution in [0.2, 0.25) is 5.02 Å². The fourth-order valence-electron chi connectivity index (χ4n) is 4.08. The smallest absolute Gasteiger partial charge is 0.256 e. The summed E-state index contributed by atoms with van der Waals surface area (Å²) >= 11 is 6.01. The number of nitrogens with one attached hydrogen (secondary N) is 3. The maximum Gasteiger partial charge on any atom is 0.256 e. The van der Waals surface area contributed by atoms with Gasteiger partial charge in [0.1, 0.15) is 5.82 Å². The summed E-state index contributed by atoms with van der Waals surface area (Å²) in [6, 6.07) is 11.6. The van der Waals surface area contributed by atoms with Gasteiger partial charge in [-0.15, -0.1) is 5.10 Å². The van der Waals surface area contributed by atoms with Gasteiger partial charge in [0.2, 0.25) is 0 Å². The third-order valence-electron chi connectivity index (χ3n) is 5.67. The molecule has 0 spiro atoms. The second kappa shape index (κ2) is 9.19. The number of aryl methyl sites for hydroxylation is 1. The Labute approximate surface area is 204 Å². The molecule has 0 aliphatic carbocycles. The number of halogens is 2. The van der Waals surface area contributed by atoms with Crippen molar-refractivity contribution in [2.75, 3.05) is 11.9 Å². The van der Waals surface area contributed by atoms with Gasteiger partial charge in [0.25, 0.3) is 11.8 Å². The lowest BCUT2D eigenvalue weighted by molar-refractivity contribution is -0.110. The van der Waals surface area contributed by atoms with Gasteiger partial charge in [0, 0.05) is 29.7 Å². The number of aromatic nitrogens is 4. The Morgan fingerprint density at radius 1 is 1.26 bits per heavy atom. The van der Waals surface area contributed by atoms with Crippen molar-refractivity contribution >= 4 is 40.8 Å². The molecule has 0 saturated carbocycles. The molecule has 0 radical (unpaired) electrons. The average molecular weight is 491 g/mol. The first-order chi connectivity index (χ1) is 16.9. The molecule has 8 nitrogen and oxygen atoms in total. The molecular weight excluding hydrogens is 471 g/mol. The first-order valence-corrected chi connectivity index (χ1v) is 11.2. The molecule has 0 fully saturated rings. The van der Waals surface area contributed by atoms with Gasteiger partial charge in [0.15, 0.2) is 0 Å². The van der Waals surface area contributed by atoms with E-state index in [1.165, 1.54) is 12.1 Å². The highest BCUT2D eigenvalue weighted by molar-refractivity contribution is 6.36. The summed E-state index contributed by atoms with van der Waals surface area (Å²) in [7, 11) is 0. The minimum absolute atomic E-state index is 0.00671. The third-order valence-corrected chi connectivity index (χ3v) is 5.96. The minimum atomic E-state index is -0.519. The number of nitrogens with zero attached hydrogens (tertiary/aromatic N) is 3. The van der Waals surface area contributed by atoms with Gasteiger partial charge in [-0.25, -0.2) is 4.39 Å². The Kier molecular flexibility index (Phi) is 5.92. The van der Waals surface area contributed by atoms with Crippen molar-refractivity contribution < 1.29 is 14.0 Å². The van der Waals surface area contributed by atoms with Crippen molar-refractivity contribution in [1.29, 1.82) is 0 Å². The van der Waals surface area contributed by atoms with Crippen LogP contribution in [0.15, 0.2) is 54.9 Å². The predicted molar refractivity (Wildman–Crippen MR) is 131 cm³/mol. The van der Waals surface area contributed by atoms with E-state index in [0.29, 0.717) is 46.7 Å². The second-order valence-electron chi connectivity index (χ2n) is 8.07. The molecule has 4 aromatic rings. The van der Waals surface area contributed by atoms with E-state index in [1.54, 1.807) is 47.4 Å². The number of hydrogen-bond donors (Lipinski definition) is 3. The lowest BCUT2D eigenvalue weighted by Gasteiger charge is -2.10. The first kappa shape index (κ1) is 22.5. The van der Waals surface area contributed by atoms with Gasteiger partial charge in [-0.3, -0.25) is 14.3 Å². The number of rotatable bonds is 6. The average Bonchev–Trinajstić information content (AvgIpc) is 3.55. The summed E-state index contributed by atoms with van der Waals surface area (Å²) in [5.41, 5.74) is 4.75. The van der Waals surface area contributed by atoms with E-state index in [-0.39, 0.29) is 16.8 Å². The molecule has 2 amide bonds. The SMILES string of the molecule is Cc1cc(C(=O)NCCn2ccnn2)c(/C=C2\C(=O)Nc3cccc(-c4ccc(F)c(Cl)c4)c32)[nH]1. The van der Waals surface area contributed by atoms with Crippen LogP contribution in [0.3, 0.4) is 0 Å². The van der Waals surface area contributed by atoms with Crippen LogP contribution < -0.4 is 10.6 Å². The van der Waals surface area contributed by atoms with Crippen LogP contribution in [0.25, 0.3) is 22.8 Å². The molecule has 0 saturated heterocycles. The Hall–Kier alpha value is -4.24. The number of carbonyl (C=O) groups excluding carboxylic acids is 2. The van der Waals surface area contributed by atoms with Crippen molar-refractivity contribution in [1.82, 2.24) is 25.3 Å². The van der Waals surface area contributed by atoms with E-state index in [4.69, 9.17) is 11.6 Å². The molecule has 5 rings (SSSR count). The highest BCUT2D eigenvalue weighted by Gasteiger charge is 2.28. The topological polar surface area (TPSA) is 105 Å². The summed E-state index contributed by atoms with van der Waals surface area (Å²) in [4.78, 5) is 29.0. The molecule has 0 unspecified atom stereocenters. The molecule has 2 aromatic heterocycles. The highest BCUT2D eigenvalue weighted by Crippen LogP contribution is 2.41. The number of H-pyrrole nitrogens is 1. The highest BCUT2D eigenvalue weighted by atomic mass is 35.5. The maximum absolute atomic E-state index is 13.7. The Morgan fingerprint density at radius 2 is 2.11 bits per heavy atom. The van der Waals surface area contributed by atoms with Gasteiger partial charge in [-0.05, 0) is 48.4 Å². The quantitative estimate of drug-likeness (QED) is 0.350. The summed E-state index contributed by atoms with van der Waals surface area (Å²) < 4.78 is 15.4. The maximum atomic E-state index is 13.7. The molecule has 0 atom stereocenters. The van der Waals surface area contributed by atoms with Gasteiger partial charge in [0.05, 0.1) is 34.6 Å². The molecule has 1 aliphatic heterocycles. The van der Waals surface area contributed by atoms with E-state index >= 15 is 0 Å². The van der Waals surface area contributed by atoms with E-state index in [2.05, 4.69) is 25.9 Å². The summed E-state index contributed by atoms with van der Waals surface area (Å²) in [5, 5.41) is 13.3. The minimum Gasteiger partial charge on any atom is -0.358 e. The zero-order chi connectivity index (χ0) is 24.5. The zero-order valence-corrected chi connectivity index (χ0v) is 19.4. The molecule has 35 heavy (non-hydrogen) atoms. The standard InChI is InChI=1S/C25H20ClFN6O2/c1-14-11-17(24(34)28-7-9-33-10-8-29-32-33)22(30-14)13-18-23-16(3-2-4-21(23)31-25(18)35)15-5-6-20(27)19(26)12-15/h2-6,8,10-13,30H,7,9H2,1H3,(H,28,34)(H,31,35)/b18-13-. The number of anilines is 1. The van der Waals surface area contributed by atoms with Crippen molar-refractivity contribution in [3.8, 4) is 11.1 Å². The molecule has 3 heterocycles. The van der Waals surface area contributed by atoms with Crippen molar-refractivity contribution in [3.63, 3.8) is 0 Å². The van der Waals surface area contributed by atoms with Crippen LogP contribution in [0.5, 0.6) is 0 Å². The van der Waals surface area contributed by atoms with Crippen LogP contribution in [0.4, 0.5) is 10.1 Å². The van der Waals surface area contributed by atoms with E-state index < -0.39 is 5.82 Å². The van der Waals surface area contributed by atoms with Crippen molar-refractivity contribution in [2.24, 2.45) is 0 Å².